The third-order valence-electron chi connectivity index (χ3n) is 7.51. The van der Waals surface area contributed by atoms with Crippen LogP contribution in [-0.4, -0.2) is 60.3 Å². The van der Waals surface area contributed by atoms with Crippen LogP contribution in [0.1, 0.15) is 31.2 Å². The average molecular weight is 531 g/mol. The van der Waals surface area contributed by atoms with Crippen molar-refractivity contribution in [2.24, 2.45) is 17.8 Å². The van der Waals surface area contributed by atoms with Gasteiger partial charge in [-0.1, -0.05) is 12.1 Å². The summed E-state index contributed by atoms with van der Waals surface area (Å²) in [5, 5.41) is 10.5. The molecule has 3 atom stereocenters. The van der Waals surface area contributed by atoms with E-state index >= 15 is 0 Å². The number of ether oxygens (including phenoxy) is 2. The van der Waals surface area contributed by atoms with Gasteiger partial charge in [-0.25, -0.2) is 0 Å². The van der Waals surface area contributed by atoms with Crippen LogP contribution in [0.3, 0.4) is 0 Å². The maximum absolute atomic E-state index is 14.0. The lowest BCUT2D eigenvalue weighted by Crippen LogP contribution is -2.32. The van der Waals surface area contributed by atoms with Crippen molar-refractivity contribution in [2.75, 3.05) is 38.2 Å². The minimum Gasteiger partial charge on any atom is -0.405 e. The molecular weight excluding hydrogens is 502 g/mol. The van der Waals surface area contributed by atoms with Crippen molar-refractivity contribution in [3.05, 3.63) is 35.9 Å². The predicted molar refractivity (Wildman–Crippen MR) is 123 cm³/mol. The first-order chi connectivity index (χ1) is 17.5. The summed E-state index contributed by atoms with van der Waals surface area (Å²) in [5.41, 5.74) is -1.66. The molecule has 1 aliphatic carbocycles. The Hall–Kier alpha value is -2.60. The number of aromatic nitrogens is 2. The third kappa shape index (κ3) is 6.28. The summed E-state index contributed by atoms with van der Waals surface area (Å²) in [6, 6.07) is 5.46. The van der Waals surface area contributed by atoms with Crippen LogP contribution in [0, 0.1) is 17.8 Å². The molecule has 1 aromatic heterocycles. The van der Waals surface area contributed by atoms with E-state index in [9.17, 15) is 26.3 Å². The monoisotopic (exact) mass is 530 g/mol. The fourth-order valence-corrected chi connectivity index (χ4v) is 5.89. The van der Waals surface area contributed by atoms with Gasteiger partial charge >= 0.3 is 12.5 Å². The standard InChI is InChI=1S/C25H28F6N4O2/c26-24(27,28)20-11-21(19-3-1-2-4-22(19)37-25(29,30)31)33-34-23(20)32-18-9-16-13-35(14-17(16)10-18)12-15-5-7-36-8-6-15/h1-4,11,15-18H,5-10,12-14H2,(H,32,34)/t16-,17+,18-. The molecule has 3 aliphatic rings. The van der Waals surface area contributed by atoms with E-state index in [1.807, 2.05) is 0 Å². The van der Waals surface area contributed by atoms with Crippen LogP contribution in [0.5, 0.6) is 5.75 Å². The number of para-hydroxylation sites is 1. The number of rotatable bonds is 6. The second-order valence-corrected chi connectivity index (χ2v) is 10.1. The highest BCUT2D eigenvalue weighted by Crippen LogP contribution is 2.42. The molecule has 0 amide bonds. The highest BCUT2D eigenvalue weighted by Gasteiger charge is 2.43. The van der Waals surface area contributed by atoms with Crippen molar-refractivity contribution in [3.8, 4) is 17.0 Å². The third-order valence-corrected chi connectivity index (χ3v) is 7.51. The summed E-state index contributed by atoms with van der Waals surface area (Å²) >= 11 is 0. The van der Waals surface area contributed by atoms with Gasteiger partial charge in [-0.05, 0) is 61.6 Å². The zero-order chi connectivity index (χ0) is 26.2. The van der Waals surface area contributed by atoms with Gasteiger partial charge < -0.3 is 19.7 Å². The zero-order valence-electron chi connectivity index (χ0n) is 20.0. The number of benzene rings is 1. The van der Waals surface area contributed by atoms with Gasteiger partial charge in [0.2, 0.25) is 0 Å². The van der Waals surface area contributed by atoms with E-state index in [1.165, 1.54) is 18.2 Å². The largest absolute Gasteiger partial charge is 0.573 e. The topological polar surface area (TPSA) is 59.5 Å². The quantitative estimate of drug-likeness (QED) is 0.490. The molecule has 202 valence electrons. The van der Waals surface area contributed by atoms with Crippen LogP contribution >= 0.6 is 0 Å². The minimum absolute atomic E-state index is 0.178. The smallest absolute Gasteiger partial charge is 0.405 e. The van der Waals surface area contributed by atoms with Crippen LogP contribution in [0.25, 0.3) is 11.3 Å². The van der Waals surface area contributed by atoms with Crippen LogP contribution in [-0.2, 0) is 10.9 Å². The second-order valence-electron chi connectivity index (χ2n) is 10.1. The van der Waals surface area contributed by atoms with E-state index in [1.54, 1.807) is 0 Å². The fraction of sp³-hybridized carbons (Fsp3) is 0.600. The molecule has 0 radical (unpaired) electrons. The lowest BCUT2D eigenvalue weighted by molar-refractivity contribution is -0.274. The van der Waals surface area contributed by atoms with E-state index < -0.39 is 29.7 Å². The van der Waals surface area contributed by atoms with Gasteiger partial charge in [-0.3, -0.25) is 0 Å². The van der Waals surface area contributed by atoms with Crippen molar-refractivity contribution < 1.29 is 35.8 Å². The number of alkyl halides is 6. The van der Waals surface area contributed by atoms with Crippen molar-refractivity contribution in [3.63, 3.8) is 0 Å². The fourth-order valence-electron chi connectivity index (χ4n) is 5.89. The van der Waals surface area contributed by atoms with E-state index in [2.05, 4.69) is 25.2 Å². The molecule has 12 heteroatoms. The number of likely N-dealkylation sites (tertiary alicyclic amines) is 1. The number of halogens is 6. The summed E-state index contributed by atoms with van der Waals surface area (Å²) < 4.78 is 89.6. The Morgan fingerprint density at radius 2 is 1.65 bits per heavy atom. The van der Waals surface area contributed by atoms with Crippen LogP contribution in [0.15, 0.2) is 30.3 Å². The molecule has 6 nitrogen and oxygen atoms in total. The van der Waals surface area contributed by atoms with Gasteiger partial charge in [0.25, 0.3) is 0 Å². The van der Waals surface area contributed by atoms with Gasteiger partial charge in [0.1, 0.15) is 11.3 Å². The Morgan fingerprint density at radius 3 is 2.30 bits per heavy atom. The number of hydrogen-bond donors (Lipinski definition) is 1. The minimum atomic E-state index is -5.00. The first kappa shape index (κ1) is 26.0. The Kier molecular flexibility index (Phi) is 7.23. The van der Waals surface area contributed by atoms with Gasteiger partial charge in [0.05, 0.1) is 5.69 Å². The highest BCUT2D eigenvalue weighted by molar-refractivity contribution is 5.69. The van der Waals surface area contributed by atoms with Gasteiger partial charge in [0, 0.05) is 44.5 Å². The number of nitrogens with one attached hydrogen (secondary N) is 1. The summed E-state index contributed by atoms with van der Waals surface area (Å²) in [6.45, 7) is 4.53. The first-order valence-corrected chi connectivity index (χ1v) is 12.4. The van der Waals surface area contributed by atoms with E-state index in [0.29, 0.717) is 17.8 Å². The van der Waals surface area contributed by atoms with Crippen molar-refractivity contribution in [1.29, 1.82) is 0 Å². The Bertz CT molecular complexity index is 1080. The number of nitrogens with zero attached hydrogens (tertiary/aromatic N) is 3. The number of fused-ring (bicyclic) bond motifs is 1. The maximum atomic E-state index is 14.0. The highest BCUT2D eigenvalue weighted by atomic mass is 19.4. The van der Waals surface area contributed by atoms with Crippen molar-refractivity contribution in [2.45, 2.75) is 44.3 Å². The van der Waals surface area contributed by atoms with E-state index in [0.717, 1.165) is 70.7 Å². The zero-order valence-corrected chi connectivity index (χ0v) is 20.0. The average Bonchev–Trinajstić information content (AvgIpc) is 3.36. The summed E-state index contributed by atoms with van der Waals surface area (Å²) in [5.74, 6) is 0.397. The summed E-state index contributed by atoms with van der Waals surface area (Å²) in [6.07, 6.45) is -6.17. The Balaban J connectivity index is 1.28. The Labute approximate surface area is 210 Å². The molecule has 1 aromatic carbocycles. The summed E-state index contributed by atoms with van der Waals surface area (Å²) in [4.78, 5) is 2.47. The molecule has 2 aliphatic heterocycles. The molecule has 3 heterocycles. The van der Waals surface area contributed by atoms with Crippen LogP contribution < -0.4 is 10.1 Å². The lowest BCUT2D eigenvalue weighted by atomic mass is 10.00. The SMILES string of the molecule is FC(F)(F)Oc1ccccc1-c1cc(C(F)(F)F)c(N[C@@H]2C[C@@H]3CN(CC4CCOCC4)C[C@@H]3C2)nn1. The van der Waals surface area contributed by atoms with Gasteiger partial charge in [-0.15, -0.1) is 23.4 Å². The van der Waals surface area contributed by atoms with Gasteiger partial charge in [0.15, 0.2) is 5.82 Å². The molecule has 3 fully saturated rings. The predicted octanol–water partition coefficient (Wildman–Crippen LogP) is 5.61. The molecule has 2 saturated heterocycles. The number of anilines is 1. The molecule has 1 saturated carbocycles. The Morgan fingerprint density at radius 1 is 0.973 bits per heavy atom. The molecule has 0 unspecified atom stereocenters. The van der Waals surface area contributed by atoms with Crippen molar-refractivity contribution in [1.82, 2.24) is 15.1 Å². The van der Waals surface area contributed by atoms with E-state index in [-0.39, 0.29) is 17.3 Å². The normalized spacial score (nSPS) is 25.3. The molecule has 5 rings (SSSR count). The first-order valence-electron chi connectivity index (χ1n) is 12.4. The van der Waals surface area contributed by atoms with Crippen LogP contribution in [0.2, 0.25) is 0 Å². The van der Waals surface area contributed by atoms with Gasteiger partial charge in [-0.2, -0.15) is 13.2 Å². The molecule has 1 N–H and O–H groups in total. The maximum Gasteiger partial charge on any atom is 0.573 e. The van der Waals surface area contributed by atoms with E-state index in [4.69, 9.17) is 4.74 Å². The second kappa shape index (κ2) is 10.3. The van der Waals surface area contributed by atoms with Crippen molar-refractivity contribution >= 4 is 5.82 Å². The molecule has 0 spiro atoms. The number of hydrogen-bond acceptors (Lipinski definition) is 6. The molecule has 37 heavy (non-hydrogen) atoms. The molecule has 2 aromatic rings. The lowest BCUT2D eigenvalue weighted by Gasteiger charge is -2.28. The van der Waals surface area contributed by atoms with Crippen LogP contribution in [0.4, 0.5) is 32.2 Å². The molecule has 0 bridgehead atoms. The summed E-state index contributed by atoms with van der Waals surface area (Å²) in [7, 11) is 0. The molecular formula is C25H28F6N4O2.